The van der Waals surface area contributed by atoms with E-state index >= 15 is 0 Å². The van der Waals surface area contributed by atoms with Crippen LogP contribution in [0, 0.1) is 5.82 Å². The van der Waals surface area contributed by atoms with Gasteiger partial charge in [-0.25, -0.2) is 4.39 Å². The van der Waals surface area contributed by atoms with E-state index in [2.05, 4.69) is 26.2 Å². The monoisotopic (exact) mass is 280 g/mol. The molecular weight excluding hydrogens is 271 g/mol. The molecule has 2 rings (SSSR count). The van der Waals surface area contributed by atoms with E-state index in [0.29, 0.717) is 6.54 Å². The van der Waals surface area contributed by atoms with Crippen molar-refractivity contribution in [3.05, 3.63) is 58.6 Å². The van der Waals surface area contributed by atoms with Crippen molar-refractivity contribution in [1.82, 2.24) is 4.98 Å². The number of nitrogens with zero attached hydrogens (tertiary/aromatic N) is 1. The Morgan fingerprint density at radius 2 is 2.12 bits per heavy atom. The molecule has 16 heavy (non-hydrogen) atoms. The molecule has 0 atom stereocenters. The Bertz CT molecular complexity index is 488. The first kappa shape index (κ1) is 11.1. The molecule has 0 unspecified atom stereocenters. The Balaban J connectivity index is 2.05. The van der Waals surface area contributed by atoms with Crippen molar-refractivity contribution < 1.29 is 4.39 Å². The number of aromatic nitrogens is 1. The molecule has 0 radical (unpaired) electrons. The van der Waals surface area contributed by atoms with Gasteiger partial charge in [0.1, 0.15) is 5.82 Å². The summed E-state index contributed by atoms with van der Waals surface area (Å²) >= 11 is 3.41. The van der Waals surface area contributed by atoms with Crippen LogP contribution in [0.5, 0.6) is 0 Å². The maximum Gasteiger partial charge on any atom is 0.125 e. The smallest absolute Gasteiger partial charge is 0.125 e. The van der Waals surface area contributed by atoms with Crippen LogP contribution in [0.3, 0.4) is 0 Å². The lowest BCUT2D eigenvalue weighted by Gasteiger charge is -2.07. The molecule has 2 aromatic rings. The van der Waals surface area contributed by atoms with E-state index in [1.54, 1.807) is 12.3 Å². The van der Waals surface area contributed by atoms with Crippen LogP contribution in [0.25, 0.3) is 0 Å². The fourth-order valence-corrected chi connectivity index (χ4v) is 1.73. The normalized spacial score (nSPS) is 10.1. The molecule has 0 spiro atoms. The van der Waals surface area contributed by atoms with Crippen LogP contribution in [-0.2, 0) is 6.54 Å². The SMILES string of the molecule is Fc1cccc(NCc2ncccc2Br)c1. The summed E-state index contributed by atoms with van der Waals surface area (Å²) in [4.78, 5) is 4.21. The molecule has 4 heteroatoms. The predicted molar refractivity (Wildman–Crippen MR) is 65.7 cm³/mol. The van der Waals surface area contributed by atoms with Crippen molar-refractivity contribution in [2.45, 2.75) is 6.54 Å². The number of nitrogens with one attached hydrogen (secondary N) is 1. The van der Waals surface area contributed by atoms with Crippen LogP contribution in [0.1, 0.15) is 5.69 Å². The quantitative estimate of drug-likeness (QED) is 0.929. The molecule has 0 saturated heterocycles. The van der Waals surface area contributed by atoms with Crippen LogP contribution in [0.4, 0.5) is 10.1 Å². The molecule has 0 aliphatic heterocycles. The number of pyridine rings is 1. The van der Waals surface area contributed by atoms with Crippen molar-refractivity contribution in [2.24, 2.45) is 0 Å². The van der Waals surface area contributed by atoms with Gasteiger partial charge in [-0.1, -0.05) is 6.07 Å². The summed E-state index contributed by atoms with van der Waals surface area (Å²) in [6.45, 7) is 0.560. The van der Waals surface area contributed by atoms with Crippen LogP contribution < -0.4 is 5.32 Å². The molecule has 2 nitrogen and oxygen atoms in total. The number of halogens is 2. The second kappa shape index (κ2) is 5.07. The van der Waals surface area contributed by atoms with E-state index in [-0.39, 0.29) is 5.82 Å². The van der Waals surface area contributed by atoms with Gasteiger partial charge in [-0.15, -0.1) is 0 Å². The number of anilines is 1. The Hall–Kier alpha value is -1.42. The third-order valence-corrected chi connectivity index (χ3v) is 2.84. The van der Waals surface area contributed by atoms with Gasteiger partial charge in [-0.2, -0.15) is 0 Å². The largest absolute Gasteiger partial charge is 0.379 e. The first-order valence-corrected chi connectivity index (χ1v) is 5.64. The molecule has 82 valence electrons. The predicted octanol–water partition coefficient (Wildman–Crippen LogP) is 3.60. The average molecular weight is 281 g/mol. The second-order valence-corrected chi connectivity index (χ2v) is 4.15. The molecule has 0 bridgehead atoms. The molecular formula is C12H10BrFN2. The van der Waals surface area contributed by atoms with Crippen LogP contribution in [0.15, 0.2) is 47.1 Å². The summed E-state index contributed by atoms with van der Waals surface area (Å²) in [5.41, 5.74) is 1.64. The fourth-order valence-electron chi connectivity index (χ4n) is 1.33. The van der Waals surface area contributed by atoms with E-state index in [9.17, 15) is 4.39 Å². The van der Waals surface area contributed by atoms with Gasteiger partial charge in [0, 0.05) is 16.4 Å². The van der Waals surface area contributed by atoms with E-state index in [1.807, 2.05) is 18.2 Å². The second-order valence-electron chi connectivity index (χ2n) is 3.30. The number of benzene rings is 1. The minimum Gasteiger partial charge on any atom is -0.379 e. The molecule has 1 heterocycles. The number of hydrogen-bond donors (Lipinski definition) is 1. The average Bonchev–Trinajstić information content (AvgIpc) is 2.28. The van der Waals surface area contributed by atoms with Gasteiger partial charge in [0.2, 0.25) is 0 Å². The Labute approximate surface area is 102 Å². The zero-order valence-corrected chi connectivity index (χ0v) is 10.0. The highest BCUT2D eigenvalue weighted by Gasteiger charge is 2.00. The topological polar surface area (TPSA) is 24.9 Å². The maximum absolute atomic E-state index is 12.9. The first-order chi connectivity index (χ1) is 7.75. The number of hydrogen-bond acceptors (Lipinski definition) is 2. The maximum atomic E-state index is 12.9. The van der Waals surface area contributed by atoms with Crippen LogP contribution in [-0.4, -0.2) is 4.98 Å². The van der Waals surface area contributed by atoms with Crippen molar-refractivity contribution in [1.29, 1.82) is 0 Å². The molecule has 1 aromatic heterocycles. The molecule has 0 fully saturated rings. The van der Waals surface area contributed by atoms with Gasteiger partial charge in [0.15, 0.2) is 0 Å². The number of rotatable bonds is 3. The molecule has 0 amide bonds. The molecule has 0 aliphatic carbocycles. The minimum atomic E-state index is -0.245. The Kier molecular flexibility index (Phi) is 3.51. The van der Waals surface area contributed by atoms with Crippen molar-refractivity contribution in [3.63, 3.8) is 0 Å². The Morgan fingerprint density at radius 1 is 1.25 bits per heavy atom. The van der Waals surface area contributed by atoms with E-state index < -0.39 is 0 Å². The van der Waals surface area contributed by atoms with Gasteiger partial charge in [-0.05, 0) is 46.3 Å². The van der Waals surface area contributed by atoms with E-state index in [4.69, 9.17) is 0 Å². The summed E-state index contributed by atoms with van der Waals surface area (Å²) in [6.07, 6.45) is 1.73. The van der Waals surface area contributed by atoms with E-state index in [0.717, 1.165) is 15.9 Å². The van der Waals surface area contributed by atoms with Gasteiger partial charge < -0.3 is 5.32 Å². The zero-order valence-electron chi connectivity index (χ0n) is 8.45. The zero-order chi connectivity index (χ0) is 11.4. The van der Waals surface area contributed by atoms with Crippen LogP contribution in [0.2, 0.25) is 0 Å². The van der Waals surface area contributed by atoms with Crippen molar-refractivity contribution >= 4 is 21.6 Å². The summed E-state index contributed by atoms with van der Waals surface area (Å²) in [5.74, 6) is -0.245. The summed E-state index contributed by atoms with van der Waals surface area (Å²) in [6, 6.07) is 10.1. The summed E-state index contributed by atoms with van der Waals surface area (Å²) < 4.78 is 13.9. The standard InChI is InChI=1S/C12H10BrFN2/c13-11-5-2-6-15-12(11)8-16-10-4-1-3-9(14)7-10/h1-7,16H,8H2. The van der Waals surface area contributed by atoms with E-state index in [1.165, 1.54) is 12.1 Å². The first-order valence-electron chi connectivity index (χ1n) is 4.84. The Morgan fingerprint density at radius 3 is 2.88 bits per heavy atom. The lowest BCUT2D eigenvalue weighted by Crippen LogP contribution is -2.02. The molecule has 0 saturated carbocycles. The van der Waals surface area contributed by atoms with Gasteiger partial charge in [0.05, 0.1) is 12.2 Å². The van der Waals surface area contributed by atoms with Gasteiger partial charge in [-0.3, -0.25) is 4.98 Å². The summed E-state index contributed by atoms with van der Waals surface area (Å²) in [7, 11) is 0. The lowest BCUT2D eigenvalue weighted by molar-refractivity contribution is 0.628. The highest BCUT2D eigenvalue weighted by Crippen LogP contribution is 2.15. The minimum absolute atomic E-state index is 0.245. The highest BCUT2D eigenvalue weighted by atomic mass is 79.9. The summed E-state index contributed by atoms with van der Waals surface area (Å²) in [5, 5.41) is 3.11. The van der Waals surface area contributed by atoms with Gasteiger partial charge >= 0.3 is 0 Å². The third kappa shape index (κ3) is 2.79. The molecule has 1 N–H and O–H groups in total. The van der Waals surface area contributed by atoms with Crippen LogP contribution >= 0.6 is 15.9 Å². The molecule has 1 aromatic carbocycles. The van der Waals surface area contributed by atoms with Crippen molar-refractivity contribution in [2.75, 3.05) is 5.32 Å². The lowest BCUT2D eigenvalue weighted by atomic mass is 10.3. The highest BCUT2D eigenvalue weighted by molar-refractivity contribution is 9.10. The molecule has 0 aliphatic rings. The fraction of sp³-hybridized carbons (Fsp3) is 0.0833. The van der Waals surface area contributed by atoms with Gasteiger partial charge in [0.25, 0.3) is 0 Å². The van der Waals surface area contributed by atoms with Crippen molar-refractivity contribution in [3.8, 4) is 0 Å². The third-order valence-electron chi connectivity index (χ3n) is 2.12.